The summed E-state index contributed by atoms with van der Waals surface area (Å²) in [4.78, 5) is 8.60. The van der Waals surface area contributed by atoms with E-state index in [2.05, 4.69) is 30.6 Å². The molecule has 11 heteroatoms. The molecule has 0 spiro atoms. The lowest BCUT2D eigenvalue weighted by Gasteiger charge is -2.07. The smallest absolute Gasteiger partial charge is 0.309 e. The quantitative estimate of drug-likeness (QED) is 0.591. The molecule has 0 aliphatic carbocycles. The maximum absolute atomic E-state index is 12.6. The number of nitrogens with zero attached hydrogens (tertiary/aromatic N) is 7. The second-order valence-corrected chi connectivity index (χ2v) is 5.78. The molecule has 0 atom stereocenters. The SMILES string of the molecule is Cn1nccc1Nc1nccc(-c2ccn3c(CC(F)(F)F)nnc3c2)n1. The zero-order valence-corrected chi connectivity index (χ0v) is 14.0. The minimum absolute atomic E-state index is 0.162. The van der Waals surface area contributed by atoms with Crippen molar-refractivity contribution < 1.29 is 13.2 Å². The maximum atomic E-state index is 12.6. The number of fused-ring (bicyclic) bond motifs is 1. The molecule has 0 radical (unpaired) electrons. The van der Waals surface area contributed by atoms with Crippen LogP contribution in [0.15, 0.2) is 42.9 Å². The fraction of sp³-hybridized carbons (Fsp3) is 0.188. The molecule has 0 bridgehead atoms. The lowest BCUT2D eigenvalue weighted by molar-refractivity contribution is -0.128. The highest BCUT2D eigenvalue weighted by Crippen LogP contribution is 2.23. The van der Waals surface area contributed by atoms with Gasteiger partial charge in [0, 0.05) is 31.1 Å². The van der Waals surface area contributed by atoms with Gasteiger partial charge in [0.05, 0.1) is 11.9 Å². The molecule has 27 heavy (non-hydrogen) atoms. The van der Waals surface area contributed by atoms with Gasteiger partial charge < -0.3 is 5.32 Å². The van der Waals surface area contributed by atoms with Crippen LogP contribution in [0.5, 0.6) is 0 Å². The first-order valence-corrected chi connectivity index (χ1v) is 7.88. The first-order valence-electron chi connectivity index (χ1n) is 7.88. The third kappa shape index (κ3) is 3.57. The number of aromatic nitrogens is 7. The summed E-state index contributed by atoms with van der Waals surface area (Å²) in [6.45, 7) is 0. The molecular formula is C16H13F3N8. The Labute approximate surface area is 150 Å². The molecule has 0 saturated carbocycles. The summed E-state index contributed by atoms with van der Waals surface area (Å²) >= 11 is 0. The number of nitrogens with one attached hydrogen (secondary N) is 1. The molecule has 0 aromatic carbocycles. The Morgan fingerprint density at radius 3 is 2.70 bits per heavy atom. The van der Waals surface area contributed by atoms with Crippen molar-refractivity contribution in [2.75, 3.05) is 5.32 Å². The van der Waals surface area contributed by atoms with Gasteiger partial charge in [-0.25, -0.2) is 9.97 Å². The van der Waals surface area contributed by atoms with Crippen molar-refractivity contribution in [3.63, 3.8) is 0 Å². The van der Waals surface area contributed by atoms with Gasteiger partial charge in [0.25, 0.3) is 0 Å². The van der Waals surface area contributed by atoms with E-state index in [9.17, 15) is 13.2 Å². The first kappa shape index (κ1) is 16.9. The number of alkyl halides is 3. The van der Waals surface area contributed by atoms with Crippen LogP contribution < -0.4 is 5.32 Å². The van der Waals surface area contributed by atoms with Gasteiger partial charge in [0.15, 0.2) is 5.65 Å². The van der Waals surface area contributed by atoms with E-state index in [4.69, 9.17) is 0 Å². The van der Waals surface area contributed by atoms with E-state index in [1.807, 2.05) is 0 Å². The van der Waals surface area contributed by atoms with Gasteiger partial charge in [-0.05, 0) is 18.2 Å². The normalized spacial score (nSPS) is 11.9. The molecule has 138 valence electrons. The Kier molecular flexibility index (Phi) is 3.98. The van der Waals surface area contributed by atoms with Crippen LogP contribution in [0.25, 0.3) is 16.9 Å². The van der Waals surface area contributed by atoms with Crippen LogP contribution in [0, 0.1) is 0 Å². The highest BCUT2D eigenvalue weighted by molar-refractivity contribution is 5.65. The van der Waals surface area contributed by atoms with Crippen LogP contribution in [0.3, 0.4) is 0 Å². The first-order chi connectivity index (χ1) is 12.9. The van der Waals surface area contributed by atoms with Crippen LogP contribution >= 0.6 is 0 Å². The van der Waals surface area contributed by atoms with Crippen LogP contribution in [0.2, 0.25) is 0 Å². The van der Waals surface area contributed by atoms with E-state index in [-0.39, 0.29) is 5.82 Å². The van der Waals surface area contributed by atoms with E-state index < -0.39 is 12.6 Å². The summed E-state index contributed by atoms with van der Waals surface area (Å²) < 4.78 is 40.8. The standard InChI is InChI=1S/C16H13F3N8/c1-26-12(3-6-21-26)23-15-20-5-2-11(22-15)10-4-7-27-13(8-10)24-25-14(27)9-16(17,18)19/h2-8H,9H2,1H3,(H,20,22,23). The highest BCUT2D eigenvalue weighted by Gasteiger charge is 2.30. The Morgan fingerprint density at radius 1 is 1.11 bits per heavy atom. The molecule has 0 aliphatic heterocycles. The van der Waals surface area contributed by atoms with E-state index in [0.717, 1.165) is 5.82 Å². The lowest BCUT2D eigenvalue weighted by atomic mass is 10.2. The van der Waals surface area contributed by atoms with E-state index in [1.165, 1.54) is 10.6 Å². The molecule has 4 heterocycles. The molecule has 8 nitrogen and oxygen atoms in total. The third-order valence-corrected chi connectivity index (χ3v) is 3.85. The zero-order valence-electron chi connectivity index (χ0n) is 14.0. The van der Waals surface area contributed by atoms with Gasteiger partial charge >= 0.3 is 6.18 Å². The molecule has 4 aromatic heterocycles. The van der Waals surface area contributed by atoms with Crippen molar-refractivity contribution in [3.05, 3.63) is 48.7 Å². The number of halogens is 3. The van der Waals surface area contributed by atoms with Crippen molar-refractivity contribution in [1.82, 2.24) is 34.3 Å². The van der Waals surface area contributed by atoms with Crippen molar-refractivity contribution in [2.45, 2.75) is 12.6 Å². The van der Waals surface area contributed by atoms with Crippen molar-refractivity contribution in [3.8, 4) is 11.3 Å². The second-order valence-electron chi connectivity index (χ2n) is 5.78. The number of pyridine rings is 1. The van der Waals surface area contributed by atoms with Gasteiger partial charge in [-0.2, -0.15) is 18.3 Å². The average Bonchev–Trinajstić information content (AvgIpc) is 3.20. The average molecular weight is 374 g/mol. The molecule has 4 aromatic rings. The summed E-state index contributed by atoms with van der Waals surface area (Å²) in [6.07, 6.45) is -0.753. The summed E-state index contributed by atoms with van der Waals surface area (Å²) in [5.41, 5.74) is 1.59. The van der Waals surface area contributed by atoms with Crippen molar-refractivity contribution >= 4 is 17.4 Å². The maximum Gasteiger partial charge on any atom is 0.396 e. The van der Waals surface area contributed by atoms with Gasteiger partial charge in [0.1, 0.15) is 18.1 Å². The number of hydrogen-bond acceptors (Lipinski definition) is 6. The molecule has 0 aliphatic rings. The number of rotatable bonds is 4. The fourth-order valence-electron chi connectivity index (χ4n) is 2.59. The molecule has 0 amide bonds. The predicted molar refractivity (Wildman–Crippen MR) is 90.3 cm³/mol. The van der Waals surface area contributed by atoms with Gasteiger partial charge in [-0.1, -0.05) is 0 Å². The summed E-state index contributed by atoms with van der Waals surface area (Å²) in [6, 6.07) is 6.77. The Balaban J connectivity index is 1.64. The lowest BCUT2D eigenvalue weighted by Crippen LogP contribution is -2.14. The zero-order chi connectivity index (χ0) is 19.0. The highest BCUT2D eigenvalue weighted by atomic mass is 19.4. The largest absolute Gasteiger partial charge is 0.396 e. The molecule has 0 saturated heterocycles. The van der Waals surface area contributed by atoms with Crippen LogP contribution in [0.1, 0.15) is 5.82 Å². The Bertz CT molecular complexity index is 1100. The minimum atomic E-state index is -4.35. The van der Waals surface area contributed by atoms with Crippen LogP contribution in [0.4, 0.5) is 24.9 Å². The number of anilines is 2. The fourth-order valence-corrected chi connectivity index (χ4v) is 2.59. The molecular weight excluding hydrogens is 361 g/mol. The third-order valence-electron chi connectivity index (χ3n) is 3.85. The van der Waals surface area contributed by atoms with Gasteiger partial charge in [-0.3, -0.25) is 9.08 Å². The van der Waals surface area contributed by atoms with E-state index in [1.54, 1.807) is 48.4 Å². The molecule has 4 rings (SSSR count). The monoisotopic (exact) mass is 374 g/mol. The van der Waals surface area contributed by atoms with E-state index in [0.29, 0.717) is 22.9 Å². The summed E-state index contributed by atoms with van der Waals surface area (Å²) in [5.74, 6) is 0.928. The minimum Gasteiger partial charge on any atom is -0.309 e. The molecule has 0 unspecified atom stereocenters. The summed E-state index contributed by atoms with van der Waals surface area (Å²) in [5, 5.41) is 14.6. The number of aryl methyl sites for hydroxylation is 1. The predicted octanol–water partition coefficient (Wildman–Crippen LogP) is 2.77. The van der Waals surface area contributed by atoms with E-state index >= 15 is 0 Å². The second kappa shape index (κ2) is 6.34. The molecule has 0 fully saturated rings. The van der Waals surface area contributed by atoms with Crippen molar-refractivity contribution in [1.29, 1.82) is 0 Å². The molecule has 1 N–H and O–H groups in total. The van der Waals surface area contributed by atoms with Crippen LogP contribution in [-0.2, 0) is 13.5 Å². The number of hydrogen-bond donors (Lipinski definition) is 1. The van der Waals surface area contributed by atoms with Gasteiger partial charge in [0.2, 0.25) is 5.95 Å². The Hall–Kier alpha value is -3.50. The van der Waals surface area contributed by atoms with Crippen molar-refractivity contribution in [2.24, 2.45) is 7.05 Å². The Morgan fingerprint density at radius 2 is 1.96 bits per heavy atom. The summed E-state index contributed by atoms with van der Waals surface area (Å²) in [7, 11) is 1.78. The topological polar surface area (TPSA) is 85.8 Å². The van der Waals surface area contributed by atoms with Crippen LogP contribution in [-0.4, -0.2) is 40.5 Å². The van der Waals surface area contributed by atoms with Gasteiger partial charge in [-0.15, -0.1) is 10.2 Å².